The number of benzene rings is 2. The topological polar surface area (TPSA) is 85.1 Å². The third kappa shape index (κ3) is 4.14. The summed E-state index contributed by atoms with van der Waals surface area (Å²) < 4.78 is 18.1. The lowest BCUT2D eigenvalue weighted by Gasteiger charge is -2.13. The van der Waals surface area contributed by atoms with Gasteiger partial charge in [-0.15, -0.1) is 0 Å². The van der Waals surface area contributed by atoms with E-state index in [-0.39, 0.29) is 5.82 Å². The molecule has 3 rings (SSSR count). The van der Waals surface area contributed by atoms with Crippen molar-refractivity contribution in [3.8, 4) is 5.75 Å². The summed E-state index contributed by atoms with van der Waals surface area (Å²) in [5.74, 6) is 1.46. The Morgan fingerprint density at radius 2 is 1.84 bits per heavy atom. The predicted octanol–water partition coefficient (Wildman–Crippen LogP) is 3.56. The molecule has 0 saturated carbocycles. The minimum absolute atomic E-state index is 0.268. The number of methoxy groups -OCH3 is 1. The van der Waals surface area contributed by atoms with Crippen LogP contribution in [0.25, 0.3) is 0 Å². The van der Waals surface area contributed by atoms with Crippen molar-refractivity contribution >= 4 is 23.0 Å². The van der Waals surface area contributed by atoms with E-state index < -0.39 is 0 Å². The fraction of sp³-hybridized carbons (Fsp3) is 0.111. The molecule has 2 aromatic carbocycles. The van der Waals surface area contributed by atoms with Crippen molar-refractivity contribution in [3.63, 3.8) is 0 Å². The van der Waals surface area contributed by atoms with Gasteiger partial charge in [0.15, 0.2) is 11.6 Å². The van der Waals surface area contributed by atoms with Gasteiger partial charge in [0, 0.05) is 18.3 Å². The van der Waals surface area contributed by atoms with Gasteiger partial charge < -0.3 is 21.1 Å². The molecule has 3 aromatic rings. The van der Waals surface area contributed by atoms with Crippen LogP contribution in [0.15, 0.2) is 54.9 Å². The molecule has 0 aliphatic rings. The number of nitrogen functional groups attached to an aromatic ring is 1. The number of hydrogen-bond donors (Lipinski definition) is 3. The van der Waals surface area contributed by atoms with Gasteiger partial charge in [0.2, 0.25) is 0 Å². The van der Waals surface area contributed by atoms with E-state index in [0.717, 1.165) is 17.0 Å². The molecule has 0 fully saturated rings. The lowest BCUT2D eigenvalue weighted by molar-refractivity contribution is 0.415. The van der Waals surface area contributed by atoms with E-state index in [1.165, 1.54) is 18.5 Å². The molecule has 0 atom stereocenters. The van der Waals surface area contributed by atoms with E-state index in [0.29, 0.717) is 23.9 Å². The van der Waals surface area contributed by atoms with Gasteiger partial charge in [0.25, 0.3) is 0 Å². The van der Waals surface area contributed by atoms with Crippen molar-refractivity contribution in [2.75, 3.05) is 23.5 Å². The van der Waals surface area contributed by atoms with Crippen molar-refractivity contribution in [2.45, 2.75) is 6.54 Å². The summed E-state index contributed by atoms with van der Waals surface area (Å²) in [6.07, 6.45) is 1.42. The van der Waals surface area contributed by atoms with Crippen LogP contribution in [0, 0.1) is 5.82 Å². The van der Waals surface area contributed by atoms with Gasteiger partial charge in [-0.1, -0.05) is 18.2 Å². The van der Waals surface area contributed by atoms with Crippen molar-refractivity contribution in [3.05, 3.63) is 66.2 Å². The van der Waals surface area contributed by atoms with Crippen LogP contribution in [0.3, 0.4) is 0 Å². The molecule has 0 radical (unpaired) electrons. The van der Waals surface area contributed by atoms with E-state index in [9.17, 15) is 4.39 Å². The molecule has 25 heavy (non-hydrogen) atoms. The van der Waals surface area contributed by atoms with E-state index in [1.54, 1.807) is 19.2 Å². The summed E-state index contributed by atoms with van der Waals surface area (Å²) in [5, 5.41) is 6.28. The first-order chi connectivity index (χ1) is 12.2. The number of nitrogens with one attached hydrogen (secondary N) is 2. The molecule has 0 aliphatic carbocycles. The number of nitrogens with zero attached hydrogens (tertiary/aromatic N) is 2. The molecule has 4 N–H and O–H groups in total. The van der Waals surface area contributed by atoms with Gasteiger partial charge >= 0.3 is 0 Å². The number of rotatable bonds is 6. The van der Waals surface area contributed by atoms with Gasteiger partial charge in [-0.2, -0.15) is 0 Å². The Hall–Kier alpha value is -3.35. The molecular formula is C18H18FN5O. The first kappa shape index (κ1) is 16.5. The van der Waals surface area contributed by atoms with E-state index in [1.807, 2.05) is 24.3 Å². The van der Waals surface area contributed by atoms with Crippen LogP contribution < -0.4 is 21.1 Å². The molecule has 0 saturated heterocycles. The molecule has 0 bridgehead atoms. The van der Waals surface area contributed by atoms with Crippen molar-refractivity contribution in [1.29, 1.82) is 0 Å². The molecular weight excluding hydrogens is 321 g/mol. The third-order valence-electron chi connectivity index (χ3n) is 3.59. The average molecular weight is 339 g/mol. The summed E-state index contributed by atoms with van der Waals surface area (Å²) in [4.78, 5) is 8.34. The molecule has 0 amide bonds. The van der Waals surface area contributed by atoms with Crippen molar-refractivity contribution < 1.29 is 9.13 Å². The predicted molar refractivity (Wildman–Crippen MR) is 96.4 cm³/mol. The van der Waals surface area contributed by atoms with Gasteiger partial charge in [-0.3, -0.25) is 0 Å². The van der Waals surface area contributed by atoms with Crippen molar-refractivity contribution in [1.82, 2.24) is 9.97 Å². The highest BCUT2D eigenvalue weighted by Crippen LogP contribution is 2.27. The van der Waals surface area contributed by atoms with Crippen molar-refractivity contribution in [2.24, 2.45) is 0 Å². The van der Waals surface area contributed by atoms with Crippen LogP contribution in [0.5, 0.6) is 5.75 Å². The maximum absolute atomic E-state index is 12.9. The molecule has 1 aromatic heterocycles. The van der Waals surface area contributed by atoms with Crippen LogP contribution in [0.4, 0.5) is 27.4 Å². The Bertz CT molecular complexity index is 854. The number of nitrogens with two attached hydrogens (primary N) is 1. The average Bonchev–Trinajstić information content (AvgIpc) is 2.64. The maximum atomic E-state index is 12.9. The summed E-state index contributed by atoms with van der Waals surface area (Å²) >= 11 is 0. The Kier molecular flexibility index (Phi) is 4.94. The molecule has 0 spiro atoms. The minimum Gasteiger partial charge on any atom is -0.497 e. The van der Waals surface area contributed by atoms with Crippen LogP contribution in [0.2, 0.25) is 0 Å². The highest BCUT2D eigenvalue weighted by Gasteiger charge is 2.09. The van der Waals surface area contributed by atoms with Gasteiger partial charge in [0.1, 0.15) is 23.6 Å². The fourth-order valence-electron chi connectivity index (χ4n) is 2.26. The standard InChI is InChI=1S/C18H18FN5O/c1-25-15-4-2-3-14(9-15)24-18-16(20)17(22-11-23-18)21-10-12-5-7-13(19)8-6-12/h2-9,11H,10,20H2,1H3,(H2,21,22,23,24). The molecule has 0 unspecified atom stereocenters. The van der Waals surface area contributed by atoms with Crippen LogP contribution in [0.1, 0.15) is 5.56 Å². The molecule has 0 aliphatic heterocycles. The van der Waals surface area contributed by atoms with Crippen LogP contribution in [-0.2, 0) is 6.54 Å². The Morgan fingerprint density at radius 3 is 2.60 bits per heavy atom. The number of anilines is 4. The second-order valence-corrected chi connectivity index (χ2v) is 5.32. The zero-order chi connectivity index (χ0) is 17.6. The summed E-state index contributed by atoms with van der Waals surface area (Å²) in [7, 11) is 1.61. The normalized spacial score (nSPS) is 10.3. The minimum atomic E-state index is -0.268. The van der Waals surface area contributed by atoms with Gasteiger partial charge in [-0.05, 0) is 29.8 Å². The highest BCUT2D eigenvalue weighted by molar-refractivity contribution is 5.77. The SMILES string of the molecule is COc1cccc(Nc2ncnc(NCc3ccc(F)cc3)c2N)c1. The molecule has 128 valence electrons. The number of halogens is 1. The highest BCUT2D eigenvalue weighted by atomic mass is 19.1. The van der Waals surface area contributed by atoms with Crippen LogP contribution >= 0.6 is 0 Å². The maximum Gasteiger partial charge on any atom is 0.159 e. The Morgan fingerprint density at radius 1 is 1.08 bits per heavy atom. The first-order valence-corrected chi connectivity index (χ1v) is 7.65. The van der Waals surface area contributed by atoms with Crippen LogP contribution in [-0.4, -0.2) is 17.1 Å². The Balaban J connectivity index is 1.73. The molecule has 7 heteroatoms. The summed E-state index contributed by atoms with van der Waals surface area (Å²) in [5.41, 5.74) is 8.26. The lowest BCUT2D eigenvalue weighted by atomic mass is 10.2. The number of aromatic nitrogens is 2. The summed E-state index contributed by atoms with van der Waals surface area (Å²) in [6, 6.07) is 13.7. The zero-order valence-electron chi connectivity index (χ0n) is 13.7. The molecule has 6 nitrogen and oxygen atoms in total. The summed E-state index contributed by atoms with van der Waals surface area (Å²) in [6.45, 7) is 0.472. The zero-order valence-corrected chi connectivity index (χ0v) is 13.7. The third-order valence-corrected chi connectivity index (χ3v) is 3.59. The van der Waals surface area contributed by atoms with E-state index in [2.05, 4.69) is 20.6 Å². The fourth-order valence-corrected chi connectivity index (χ4v) is 2.26. The largest absolute Gasteiger partial charge is 0.497 e. The number of ether oxygens (including phenoxy) is 1. The Labute approximate surface area is 144 Å². The second-order valence-electron chi connectivity index (χ2n) is 5.32. The monoisotopic (exact) mass is 339 g/mol. The second kappa shape index (κ2) is 7.48. The van der Waals surface area contributed by atoms with Gasteiger partial charge in [-0.25, -0.2) is 14.4 Å². The van der Waals surface area contributed by atoms with Gasteiger partial charge in [0.05, 0.1) is 7.11 Å². The quantitative estimate of drug-likeness (QED) is 0.637. The first-order valence-electron chi connectivity index (χ1n) is 7.65. The molecule has 1 heterocycles. The smallest absolute Gasteiger partial charge is 0.159 e. The lowest BCUT2D eigenvalue weighted by Crippen LogP contribution is -2.08. The van der Waals surface area contributed by atoms with E-state index >= 15 is 0 Å². The van der Waals surface area contributed by atoms with E-state index in [4.69, 9.17) is 10.5 Å². The number of hydrogen-bond acceptors (Lipinski definition) is 6.